The van der Waals surface area contributed by atoms with Crippen molar-refractivity contribution in [2.75, 3.05) is 13.7 Å². The van der Waals surface area contributed by atoms with E-state index in [9.17, 15) is 8.42 Å². The zero-order valence-electron chi connectivity index (χ0n) is 15.5. The molecule has 0 amide bonds. The highest BCUT2D eigenvalue weighted by Gasteiger charge is 2.22. The maximum atomic E-state index is 12.6. The van der Waals surface area contributed by atoms with Gasteiger partial charge in [-0.15, -0.1) is 0 Å². The quantitative estimate of drug-likeness (QED) is 0.546. The Morgan fingerprint density at radius 2 is 1.83 bits per heavy atom. The highest BCUT2D eigenvalue weighted by Crippen LogP contribution is 2.36. The fraction of sp³-hybridized carbons (Fsp3) is 0.222. The zero-order valence-corrected chi connectivity index (χ0v) is 17.8. The molecule has 29 heavy (non-hydrogen) atoms. The molecular formula is C18H17Cl2N3O5S. The Bertz CT molecular complexity index is 1100. The van der Waals surface area contributed by atoms with Crippen molar-refractivity contribution in [1.82, 2.24) is 14.9 Å². The molecule has 3 aromatic rings. The lowest BCUT2D eigenvalue weighted by molar-refractivity contribution is 0.340. The first-order valence-corrected chi connectivity index (χ1v) is 10.7. The van der Waals surface area contributed by atoms with Gasteiger partial charge in [-0.1, -0.05) is 28.4 Å². The summed E-state index contributed by atoms with van der Waals surface area (Å²) in [7, 11) is -2.57. The first-order chi connectivity index (χ1) is 13.9. The van der Waals surface area contributed by atoms with Gasteiger partial charge in [0.2, 0.25) is 21.7 Å². The van der Waals surface area contributed by atoms with Gasteiger partial charge in [-0.3, -0.25) is 0 Å². The van der Waals surface area contributed by atoms with Crippen LogP contribution < -0.4 is 14.2 Å². The summed E-state index contributed by atoms with van der Waals surface area (Å²) < 4.78 is 43.0. The third kappa shape index (κ3) is 4.81. The lowest BCUT2D eigenvalue weighted by Crippen LogP contribution is -2.23. The summed E-state index contributed by atoms with van der Waals surface area (Å²) in [5.74, 6) is 1.41. The van der Waals surface area contributed by atoms with Crippen molar-refractivity contribution in [2.24, 2.45) is 0 Å². The van der Waals surface area contributed by atoms with Crippen LogP contribution in [0, 0.1) is 0 Å². The van der Waals surface area contributed by atoms with Gasteiger partial charge in [-0.25, -0.2) is 13.1 Å². The van der Waals surface area contributed by atoms with Crippen molar-refractivity contribution in [3.63, 3.8) is 0 Å². The van der Waals surface area contributed by atoms with E-state index < -0.39 is 10.0 Å². The molecule has 0 unspecified atom stereocenters. The third-order valence-corrected chi connectivity index (χ3v) is 6.25. The van der Waals surface area contributed by atoms with Crippen molar-refractivity contribution < 1.29 is 22.4 Å². The van der Waals surface area contributed by atoms with Gasteiger partial charge in [0.1, 0.15) is 21.4 Å². The van der Waals surface area contributed by atoms with E-state index in [-0.39, 0.29) is 33.1 Å². The second-order valence-corrected chi connectivity index (χ2v) is 8.18. The van der Waals surface area contributed by atoms with Crippen LogP contribution >= 0.6 is 23.2 Å². The van der Waals surface area contributed by atoms with Gasteiger partial charge in [0.25, 0.3) is 0 Å². The topological polar surface area (TPSA) is 104 Å². The summed E-state index contributed by atoms with van der Waals surface area (Å²) in [4.78, 5) is 4.01. The number of aromatic nitrogens is 2. The molecule has 0 aliphatic rings. The smallest absolute Gasteiger partial charge is 0.242 e. The number of rotatable bonds is 8. The minimum Gasteiger partial charge on any atom is -0.495 e. The molecule has 0 radical (unpaired) electrons. The maximum absolute atomic E-state index is 12.6. The fourth-order valence-corrected chi connectivity index (χ4v) is 4.24. The van der Waals surface area contributed by atoms with Crippen LogP contribution in [-0.2, 0) is 16.6 Å². The van der Waals surface area contributed by atoms with E-state index in [1.54, 1.807) is 24.3 Å². The molecule has 2 aromatic carbocycles. The molecule has 0 saturated carbocycles. The van der Waals surface area contributed by atoms with E-state index in [1.807, 2.05) is 6.92 Å². The SMILES string of the molecule is CCOc1ccc(-c2noc(CNS(=O)(=O)c3ccc(OC)c(Cl)c3Cl)n2)cc1. The van der Waals surface area contributed by atoms with Gasteiger partial charge in [0, 0.05) is 5.56 Å². The third-order valence-electron chi connectivity index (χ3n) is 3.83. The van der Waals surface area contributed by atoms with Crippen LogP contribution in [0.1, 0.15) is 12.8 Å². The van der Waals surface area contributed by atoms with E-state index >= 15 is 0 Å². The number of benzene rings is 2. The Hall–Kier alpha value is -2.33. The summed E-state index contributed by atoms with van der Waals surface area (Å²) in [5.41, 5.74) is 0.705. The predicted octanol–water partition coefficient (Wildman–Crippen LogP) is 3.93. The second kappa shape index (κ2) is 9.00. The average molecular weight is 458 g/mol. The molecule has 8 nitrogen and oxygen atoms in total. The number of sulfonamides is 1. The van der Waals surface area contributed by atoms with Crippen molar-refractivity contribution in [3.05, 3.63) is 52.3 Å². The first-order valence-electron chi connectivity index (χ1n) is 8.43. The van der Waals surface area contributed by atoms with Crippen LogP contribution in [0.25, 0.3) is 11.4 Å². The first kappa shape index (κ1) is 21.4. The molecular weight excluding hydrogens is 441 g/mol. The largest absolute Gasteiger partial charge is 0.495 e. The monoisotopic (exact) mass is 457 g/mol. The molecule has 0 atom stereocenters. The van der Waals surface area contributed by atoms with Crippen molar-refractivity contribution >= 4 is 33.2 Å². The summed E-state index contributed by atoms with van der Waals surface area (Å²) in [6.45, 7) is 2.25. The van der Waals surface area contributed by atoms with Crippen molar-refractivity contribution in [3.8, 4) is 22.9 Å². The maximum Gasteiger partial charge on any atom is 0.242 e. The Labute approximate surface area is 177 Å². The van der Waals surface area contributed by atoms with Gasteiger partial charge in [-0.2, -0.15) is 4.98 Å². The molecule has 3 rings (SSSR count). The number of hydrogen-bond donors (Lipinski definition) is 1. The van der Waals surface area contributed by atoms with Crippen LogP contribution in [0.2, 0.25) is 10.0 Å². The van der Waals surface area contributed by atoms with E-state index in [0.717, 1.165) is 5.75 Å². The molecule has 1 heterocycles. The average Bonchev–Trinajstić information content (AvgIpc) is 3.18. The summed E-state index contributed by atoms with van der Waals surface area (Å²) in [6.07, 6.45) is 0. The second-order valence-electron chi connectivity index (χ2n) is 5.69. The molecule has 1 N–H and O–H groups in total. The summed E-state index contributed by atoms with van der Waals surface area (Å²) in [6, 6.07) is 9.85. The molecule has 0 spiro atoms. The zero-order chi connectivity index (χ0) is 21.0. The number of ether oxygens (including phenoxy) is 2. The van der Waals surface area contributed by atoms with Crippen LogP contribution in [0.5, 0.6) is 11.5 Å². The lowest BCUT2D eigenvalue weighted by Gasteiger charge is -2.10. The number of nitrogens with zero attached hydrogens (tertiary/aromatic N) is 2. The Morgan fingerprint density at radius 3 is 2.48 bits per heavy atom. The minimum absolute atomic E-state index is 0.00705. The molecule has 0 aliphatic carbocycles. The Balaban J connectivity index is 1.73. The fourth-order valence-electron chi connectivity index (χ4n) is 2.42. The van der Waals surface area contributed by atoms with E-state index in [4.69, 9.17) is 37.2 Å². The van der Waals surface area contributed by atoms with Crippen LogP contribution in [0.15, 0.2) is 45.8 Å². The summed E-state index contributed by atoms with van der Waals surface area (Å²) in [5, 5.41) is 3.73. The van der Waals surface area contributed by atoms with E-state index in [1.165, 1.54) is 19.2 Å². The highest BCUT2D eigenvalue weighted by atomic mass is 35.5. The van der Waals surface area contributed by atoms with Gasteiger partial charge in [0.05, 0.1) is 25.3 Å². The van der Waals surface area contributed by atoms with E-state index in [0.29, 0.717) is 18.0 Å². The van der Waals surface area contributed by atoms with Crippen molar-refractivity contribution in [1.29, 1.82) is 0 Å². The molecule has 154 valence electrons. The predicted molar refractivity (Wildman–Crippen MR) is 108 cm³/mol. The molecule has 0 fully saturated rings. The van der Waals surface area contributed by atoms with Crippen molar-refractivity contribution in [2.45, 2.75) is 18.4 Å². The number of hydrogen-bond acceptors (Lipinski definition) is 7. The van der Waals surface area contributed by atoms with Gasteiger partial charge < -0.3 is 14.0 Å². The minimum atomic E-state index is -3.97. The standard InChI is InChI=1S/C18H17Cl2N3O5S/c1-3-27-12-6-4-11(5-7-12)18-22-15(28-23-18)10-21-29(24,25)14-9-8-13(26-2)16(19)17(14)20/h4-9,21H,3,10H2,1-2H3. The van der Waals surface area contributed by atoms with Crippen LogP contribution in [0.3, 0.4) is 0 Å². The van der Waals surface area contributed by atoms with Gasteiger partial charge in [0.15, 0.2) is 0 Å². The Kier molecular flexibility index (Phi) is 6.63. The van der Waals surface area contributed by atoms with E-state index in [2.05, 4.69) is 14.9 Å². The number of halogens is 2. The molecule has 11 heteroatoms. The molecule has 0 saturated heterocycles. The molecule has 0 aliphatic heterocycles. The highest BCUT2D eigenvalue weighted by molar-refractivity contribution is 7.89. The molecule has 1 aromatic heterocycles. The summed E-state index contributed by atoms with van der Waals surface area (Å²) >= 11 is 12.1. The number of nitrogens with one attached hydrogen (secondary N) is 1. The van der Waals surface area contributed by atoms with Gasteiger partial charge >= 0.3 is 0 Å². The van der Waals surface area contributed by atoms with Gasteiger partial charge in [-0.05, 0) is 43.3 Å². The normalized spacial score (nSPS) is 11.4. The lowest BCUT2D eigenvalue weighted by atomic mass is 10.2. The van der Waals surface area contributed by atoms with Crippen LogP contribution in [-0.4, -0.2) is 32.3 Å². The number of methoxy groups -OCH3 is 1. The molecule has 0 bridgehead atoms. The Morgan fingerprint density at radius 1 is 1.10 bits per heavy atom. The van der Waals surface area contributed by atoms with Crippen LogP contribution in [0.4, 0.5) is 0 Å².